The van der Waals surface area contributed by atoms with Crippen LogP contribution in [0.4, 0.5) is 0 Å². The molecule has 0 aliphatic carbocycles. The van der Waals surface area contributed by atoms with Gasteiger partial charge in [-0.2, -0.15) is 0 Å². The van der Waals surface area contributed by atoms with Gasteiger partial charge < -0.3 is 9.67 Å². The first-order valence-corrected chi connectivity index (χ1v) is 5.58. The van der Waals surface area contributed by atoms with Crippen molar-refractivity contribution in [3.63, 3.8) is 0 Å². The van der Waals surface area contributed by atoms with E-state index in [0.717, 1.165) is 38.3 Å². The Labute approximate surface area is 119 Å². The minimum atomic E-state index is -0.656. The van der Waals surface area contributed by atoms with Crippen LogP contribution in [0.15, 0.2) is 12.4 Å². The number of aliphatic carboxylic acids is 1. The fraction of sp³-hybridized carbons (Fsp3) is 0.636. The Morgan fingerprint density at radius 2 is 2.06 bits per heavy atom. The van der Waals surface area contributed by atoms with E-state index in [0.29, 0.717) is 0 Å². The van der Waals surface area contributed by atoms with E-state index in [1.54, 1.807) is 6.20 Å². The highest BCUT2D eigenvalue weighted by atomic mass is 35.5. The van der Waals surface area contributed by atoms with Crippen molar-refractivity contribution in [3.05, 3.63) is 18.2 Å². The maximum absolute atomic E-state index is 10.8. The number of piperidine rings is 1. The summed E-state index contributed by atoms with van der Waals surface area (Å²) in [5.41, 5.74) is 0. The van der Waals surface area contributed by atoms with E-state index >= 15 is 0 Å². The van der Waals surface area contributed by atoms with Crippen molar-refractivity contribution in [2.75, 3.05) is 13.1 Å². The lowest BCUT2D eigenvalue weighted by atomic mass is 9.97. The van der Waals surface area contributed by atoms with Crippen molar-refractivity contribution in [1.82, 2.24) is 14.5 Å². The SMILES string of the molecule is Cl.Cl.Cn1ccnc1CN1CCC(C(=O)O)CC1. The lowest BCUT2D eigenvalue weighted by molar-refractivity contribution is -0.143. The highest BCUT2D eigenvalue weighted by Gasteiger charge is 2.24. The summed E-state index contributed by atoms with van der Waals surface area (Å²) in [5.74, 6) is 0.225. The van der Waals surface area contributed by atoms with Gasteiger partial charge in [0.1, 0.15) is 5.82 Å². The molecule has 1 aliphatic heterocycles. The van der Waals surface area contributed by atoms with Crippen molar-refractivity contribution in [1.29, 1.82) is 0 Å². The van der Waals surface area contributed by atoms with Crippen LogP contribution in [-0.4, -0.2) is 38.6 Å². The molecule has 2 heterocycles. The fourth-order valence-corrected chi connectivity index (χ4v) is 2.09. The first kappa shape index (κ1) is 17.2. The Kier molecular flexibility index (Phi) is 7.28. The average molecular weight is 296 g/mol. The van der Waals surface area contributed by atoms with Gasteiger partial charge in [-0.25, -0.2) is 4.98 Å². The second-order valence-corrected chi connectivity index (χ2v) is 4.34. The fourth-order valence-electron chi connectivity index (χ4n) is 2.09. The monoisotopic (exact) mass is 295 g/mol. The Morgan fingerprint density at radius 1 is 1.44 bits per heavy atom. The molecule has 1 fully saturated rings. The summed E-state index contributed by atoms with van der Waals surface area (Å²) in [6, 6.07) is 0. The molecule has 1 aromatic heterocycles. The van der Waals surface area contributed by atoms with E-state index in [9.17, 15) is 4.79 Å². The van der Waals surface area contributed by atoms with E-state index in [4.69, 9.17) is 5.11 Å². The summed E-state index contributed by atoms with van der Waals surface area (Å²) in [4.78, 5) is 17.3. The molecule has 2 rings (SSSR count). The van der Waals surface area contributed by atoms with Gasteiger partial charge in [0.15, 0.2) is 0 Å². The van der Waals surface area contributed by atoms with Crippen molar-refractivity contribution < 1.29 is 9.90 Å². The molecular weight excluding hydrogens is 277 g/mol. The number of carboxylic acid groups (broad SMARTS) is 1. The lowest BCUT2D eigenvalue weighted by Gasteiger charge is -2.29. The number of aryl methyl sites for hydroxylation is 1. The van der Waals surface area contributed by atoms with Crippen molar-refractivity contribution in [2.45, 2.75) is 19.4 Å². The molecular formula is C11H19Cl2N3O2. The normalized spacial score (nSPS) is 16.7. The van der Waals surface area contributed by atoms with Gasteiger partial charge in [0.2, 0.25) is 0 Å². The van der Waals surface area contributed by atoms with Crippen LogP contribution < -0.4 is 0 Å². The highest BCUT2D eigenvalue weighted by Crippen LogP contribution is 2.18. The maximum Gasteiger partial charge on any atom is 0.306 e. The number of hydrogen-bond donors (Lipinski definition) is 1. The minimum Gasteiger partial charge on any atom is -0.481 e. The third-order valence-corrected chi connectivity index (χ3v) is 3.22. The summed E-state index contributed by atoms with van der Waals surface area (Å²) in [5, 5.41) is 8.89. The van der Waals surface area contributed by atoms with Gasteiger partial charge in [0, 0.05) is 19.4 Å². The van der Waals surface area contributed by atoms with Gasteiger partial charge in [0.05, 0.1) is 12.5 Å². The van der Waals surface area contributed by atoms with Crippen LogP contribution in [0.25, 0.3) is 0 Å². The molecule has 0 amide bonds. The molecule has 0 atom stereocenters. The molecule has 0 unspecified atom stereocenters. The summed E-state index contributed by atoms with van der Waals surface area (Å²) < 4.78 is 2.00. The predicted molar refractivity (Wildman–Crippen MR) is 73.3 cm³/mol. The summed E-state index contributed by atoms with van der Waals surface area (Å²) in [6.45, 7) is 2.52. The van der Waals surface area contributed by atoms with Crippen LogP contribution in [0.3, 0.4) is 0 Å². The molecule has 0 spiro atoms. The lowest BCUT2D eigenvalue weighted by Crippen LogP contribution is -2.36. The van der Waals surface area contributed by atoms with Gasteiger partial charge in [-0.1, -0.05) is 0 Å². The zero-order valence-corrected chi connectivity index (χ0v) is 11.9. The Morgan fingerprint density at radius 3 is 2.50 bits per heavy atom. The van der Waals surface area contributed by atoms with Crippen LogP contribution in [0, 0.1) is 5.92 Å². The molecule has 0 radical (unpaired) electrons. The van der Waals surface area contributed by atoms with Gasteiger partial charge in [0.25, 0.3) is 0 Å². The molecule has 1 saturated heterocycles. The van der Waals surface area contributed by atoms with Gasteiger partial charge in [-0.05, 0) is 25.9 Å². The average Bonchev–Trinajstić information content (AvgIpc) is 2.65. The molecule has 18 heavy (non-hydrogen) atoms. The van der Waals surface area contributed by atoms with E-state index in [2.05, 4.69) is 9.88 Å². The van der Waals surface area contributed by atoms with Crippen LogP contribution in [0.1, 0.15) is 18.7 Å². The van der Waals surface area contributed by atoms with Crippen LogP contribution in [0.5, 0.6) is 0 Å². The van der Waals surface area contributed by atoms with Crippen molar-refractivity contribution >= 4 is 30.8 Å². The molecule has 1 N–H and O–H groups in total. The number of nitrogens with zero attached hydrogens (tertiary/aromatic N) is 3. The number of aromatic nitrogens is 2. The van der Waals surface area contributed by atoms with E-state index in [1.807, 2.05) is 17.8 Å². The summed E-state index contributed by atoms with van der Waals surface area (Å²) in [7, 11) is 1.98. The number of halogens is 2. The molecule has 0 saturated carbocycles. The second-order valence-electron chi connectivity index (χ2n) is 4.34. The molecule has 1 aliphatic rings. The first-order chi connectivity index (χ1) is 7.66. The van der Waals surface area contributed by atoms with Crippen molar-refractivity contribution in [3.8, 4) is 0 Å². The zero-order valence-electron chi connectivity index (χ0n) is 10.3. The number of likely N-dealkylation sites (tertiary alicyclic amines) is 1. The van der Waals surface area contributed by atoms with Gasteiger partial charge in [-0.3, -0.25) is 9.69 Å². The van der Waals surface area contributed by atoms with E-state index < -0.39 is 5.97 Å². The van der Waals surface area contributed by atoms with Gasteiger partial charge >= 0.3 is 5.97 Å². The third-order valence-electron chi connectivity index (χ3n) is 3.22. The molecule has 0 aromatic carbocycles. The topological polar surface area (TPSA) is 58.4 Å². The largest absolute Gasteiger partial charge is 0.481 e. The first-order valence-electron chi connectivity index (χ1n) is 5.58. The van der Waals surface area contributed by atoms with Gasteiger partial charge in [-0.15, -0.1) is 24.8 Å². The summed E-state index contributed by atoms with van der Waals surface area (Å²) in [6.07, 6.45) is 5.22. The number of rotatable bonds is 3. The molecule has 1 aromatic rings. The zero-order chi connectivity index (χ0) is 11.5. The van der Waals surface area contributed by atoms with Crippen LogP contribution in [-0.2, 0) is 18.4 Å². The quantitative estimate of drug-likeness (QED) is 0.919. The maximum atomic E-state index is 10.8. The number of imidazole rings is 1. The Bertz CT molecular complexity index is 376. The number of carboxylic acids is 1. The molecule has 5 nitrogen and oxygen atoms in total. The minimum absolute atomic E-state index is 0. The third kappa shape index (κ3) is 4.15. The van der Waals surface area contributed by atoms with E-state index in [-0.39, 0.29) is 30.7 Å². The van der Waals surface area contributed by atoms with Crippen LogP contribution >= 0.6 is 24.8 Å². The Hall–Kier alpha value is -0.780. The Balaban J connectivity index is 0.00000144. The van der Waals surface area contributed by atoms with E-state index in [1.165, 1.54) is 0 Å². The van der Waals surface area contributed by atoms with Crippen molar-refractivity contribution in [2.24, 2.45) is 13.0 Å². The van der Waals surface area contributed by atoms with Crippen LogP contribution in [0.2, 0.25) is 0 Å². The smallest absolute Gasteiger partial charge is 0.306 e. The number of carbonyl (C=O) groups is 1. The molecule has 104 valence electrons. The number of hydrogen-bond acceptors (Lipinski definition) is 3. The summed E-state index contributed by atoms with van der Waals surface area (Å²) >= 11 is 0. The molecule has 7 heteroatoms. The standard InChI is InChI=1S/C11H17N3O2.2ClH/c1-13-7-4-12-10(13)8-14-5-2-9(3-6-14)11(15)16;;/h4,7,9H,2-3,5-6,8H2,1H3,(H,15,16);2*1H. The highest BCUT2D eigenvalue weighted by molar-refractivity contribution is 5.85. The molecule has 0 bridgehead atoms. The predicted octanol–water partition coefficient (Wildman–Crippen LogP) is 1.56. The second kappa shape index (κ2) is 7.61.